The number of nitrogens with one attached hydrogen (secondary N) is 2. The molecule has 0 spiro atoms. The lowest BCUT2D eigenvalue weighted by Crippen LogP contribution is -2.19. The molecule has 6 rings (SSSR count). The van der Waals surface area contributed by atoms with Crippen molar-refractivity contribution >= 4 is 27.5 Å². The number of carbonyl (C=O) groups excluding carboxylic acids is 1. The van der Waals surface area contributed by atoms with Crippen molar-refractivity contribution < 1.29 is 4.79 Å². The Kier molecular flexibility index (Phi) is 7.53. The second-order valence-corrected chi connectivity index (χ2v) is 10.9. The van der Waals surface area contributed by atoms with Gasteiger partial charge in [-0.05, 0) is 92.0 Å². The highest BCUT2D eigenvalue weighted by molar-refractivity contribution is 9.10. The number of aryl methyl sites for hydroxylation is 1. The molecule has 0 saturated carbocycles. The van der Waals surface area contributed by atoms with Crippen molar-refractivity contribution in [2.24, 2.45) is 0 Å². The third kappa shape index (κ3) is 5.59. The molecule has 0 atom stereocenters. The molecule has 1 aliphatic rings. The molecule has 0 unspecified atom stereocenters. The number of rotatable bonds is 7. The highest BCUT2D eigenvalue weighted by Gasteiger charge is 2.17. The maximum Gasteiger partial charge on any atom is 0.255 e. The van der Waals surface area contributed by atoms with Crippen molar-refractivity contribution in [3.63, 3.8) is 0 Å². The van der Waals surface area contributed by atoms with Gasteiger partial charge in [-0.1, -0.05) is 34.1 Å². The van der Waals surface area contributed by atoms with Gasteiger partial charge in [-0.2, -0.15) is 0 Å². The number of aromatic nitrogens is 4. The number of aromatic amines is 1. The number of hydrogen-bond acceptors (Lipinski definition) is 5. The van der Waals surface area contributed by atoms with Gasteiger partial charge in [-0.15, -0.1) is 0 Å². The molecule has 1 fully saturated rings. The first-order valence-corrected chi connectivity index (χ1v) is 14.2. The van der Waals surface area contributed by atoms with E-state index in [1.807, 2.05) is 73.8 Å². The molecular formula is C32H29BrN6O. The molecule has 7 nitrogen and oxygen atoms in total. The van der Waals surface area contributed by atoms with Crippen LogP contribution in [0.2, 0.25) is 0 Å². The second kappa shape index (κ2) is 11.5. The largest absolute Gasteiger partial charge is 0.360 e. The smallest absolute Gasteiger partial charge is 0.255 e. The summed E-state index contributed by atoms with van der Waals surface area (Å²) < 4.78 is 0.965. The van der Waals surface area contributed by atoms with Gasteiger partial charge >= 0.3 is 0 Å². The lowest BCUT2D eigenvalue weighted by Gasteiger charge is -2.16. The lowest BCUT2D eigenvalue weighted by atomic mass is 10.0. The number of nitrogens with zero attached hydrogens (tertiary/aromatic N) is 4. The van der Waals surface area contributed by atoms with Crippen LogP contribution in [-0.2, 0) is 6.54 Å². The standard InChI is InChI=1S/C32H29BrN6O/c1-21-18-36-30(29(21)31-35-14-12-28(38-31)24-5-4-13-34-19-24)22-8-10-26(11-9-22)37-32(40)23-6-7-25(27(33)17-23)20-39-15-2-3-16-39/h4-14,17-19,36H,2-3,15-16,20H2,1H3,(H,37,40). The number of pyridine rings is 1. The van der Waals surface area contributed by atoms with E-state index in [1.165, 1.54) is 18.4 Å². The fraction of sp³-hybridized carbons (Fsp3) is 0.188. The van der Waals surface area contributed by atoms with E-state index in [0.29, 0.717) is 11.4 Å². The summed E-state index contributed by atoms with van der Waals surface area (Å²) in [6.45, 7) is 5.22. The van der Waals surface area contributed by atoms with Crippen LogP contribution in [0.3, 0.4) is 0 Å². The van der Waals surface area contributed by atoms with E-state index in [9.17, 15) is 4.79 Å². The fourth-order valence-corrected chi connectivity index (χ4v) is 5.62. The van der Waals surface area contributed by atoms with Gasteiger partial charge in [0, 0.05) is 58.2 Å². The molecule has 4 heterocycles. The van der Waals surface area contributed by atoms with Crippen LogP contribution in [0.4, 0.5) is 5.69 Å². The number of amides is 1. The maximum absolute atomic E-state index is 13.0. The monoisotopic (exact) mass is 592 g/mol. The number of hydrogen-bond donors (Lipinski definition) is 2. The van der Waals surface area contributed by atoms with Crippen LogP contribution >= 0.6 is 15.9 Å². The van der Waals surface area contributed by atoms with E-state index in [0.717, 1.165) is 63.4 Å². The molecule has 3 aromatic heterocycles. The Morgan fingerprint density at radius 3 is 2.60 bits per heavy atom. The van der Waals surface area contributed by atoms with Crippen molar-refractivity contribution in [1.29, 1.82) is 0 Å². The van der Waals surface area contributed by atoms with Crippen molar-refractivity contribution in [3.8, 4) is 33.9 Å². The maximum atomic E-state index is 13.0. The first kappa shape index (κ1) is 26.1. The Morgan fingerprint density at radius 2 is 1.85 bits per heavy atom. The normalized spacial score (nSPS) is 13.4. The zero-order valence-corrected chi connectivity index (χ0v) is 23.8. The third-order valence-corrected chi connectivity index (χ3v) is 7.99. The highest BCUT2D eigenvalue weighted by Crippen LogP contribution is 2.34. The molecule has 0 bridgehead atoms. The highest BCUT2D eigenvalue weighted by atomic mass is 79.9. The van der Waals surface area contributed by atoms with E-state index in [2.05, 4.69) is 41.1 Å². The fourth-order valence-electron chi connectivity index (χ4n) is 5.11. The molecule has 1 amide bonds. The Bertz CT molecular complexity index is 1640. The van der Waals surface area contributed by atoms with E-state index in [1.54, 1.807) is 18.6 Å². The van der Waals surface area contributed by atoms with Crippen LogP contribution < -0.4 is 5.32 Å². The number of H-pyrrole nitrogens is 1. The van der Waals surface area contributed by atoms with Crippen LogP contribution in [0.1, 0.15) is 34.3 Å². The van der Waals surface area contributed by atoms with Crippen LogP contribution in [0.25, 0.3) is 33.9 Å². The van der Waals surface area contributed by atoms with Crippen molar-refractivity contribution in [3.05, 3.63) is 107 Å². The summed E-state index contributed by atoms with van der Waals surface area (Å²) in [6, 6.07) is 19.4. The first-order valence-electron chi connectivity index (χ1n) is 13.4. The quantitative estimate of drug-likeness (QED) is 0.210. The number of benzene rings is 2. The van der Waals surface area contributed by atoms with E-state index < -0.39 is 0 Å². The summed E-state index contributed by atoms with van der Waals surface area (Å²) in [5, 5.41) is 3.02. The zero-order chi connectivity index (χ0) is 27.5. The average Bonchev–Trinajstić information content (AvgIpc) is 3.64. The summed E-state index contributed by atoms with van der Waals surface area (Å²) in [4.78, 5) is 32.4. The summed E-state index contributed by atoms with van der Waals surface area (Å²) in [5.41, 5.74) is 8.21. The SMILES string of the molecule is Cc1c[nH]c(-c2ccc(NC(=O)c3ccc(CN4CCCC4)c(Br)c3)cc2)c1-c1nccc(-c2cccnc2)n1. The van der Waals surface area contributed by atoms with E-state index in [4.69, 9.17) is 4.98 Å². The molecule has 2 aromatic carbocycles. The second-order valence-electron chi connectivity index (χ2n) is 10.0. The number of carbonyl (C=O) groups is 1. The molecule has 8 heteroatoms. The van der Waals surface area contributed by atoms with Gasteiger partial charge < -0.3 is 10.3 Å². The minimum absolute atomic E-state index is 0.141. The Balaban J connectivity index is 1.19. The molecule has 0 radical (unpaired) electrons. The van der Waals surface area contributed by atoms with Crippen LogP contribution in [0, 0.1) is 6.92 Å². The van der Waals surface area contributed by atoms with Gasteiger partial charge in [0.2, 0.25) is 0 Å². The predicted octanol–water partition coefficient (Wildman–Crippen LogP) is 7.12. The van der Waals surface area contributed by atoms with Gasteiger partial charge in [0.1, 0.15) is 0 Å². The molecular weight excluding hydrogens is 564 g/mol. The van der Waals surface area contributed by atoms with Gasteiger partial charge in [0.05, 0.1) is 11.4 Å². The summed E-state index contributed by atoms with van der Waals surface area (Å²) in [5.74, 6) is 0.504. The lowest BCUT2D eigenvalue weighted by molar-refractivity contribution is 0.102. The topological polar surface area (TPSA) is 86.8 Å². The summed E-state index contributed by atoms with van der Waals surface area (Å²) in [6.07, 6.45) is 9.80. The van der Waals surface area contributed by atoms with Crippen molar-refractivity contribution in [2.75, 3.05) is 18.4 Å². The van der Waals surface area contributed by atoms with Crippen molar-refractivity contribution in [2.45, 2.75) is 26.3 Å². The van der Waals surface area contributed by atoms with E-state index >= 15 is 0 Å². The first-order chi connectivity index (χ1) is 19.5. The average molecular weight is 594 g/mol. The summed E-state index contributed by atoms with van der Waals surface area (Å²) in [7, 11) is 0. The third-order valence-electron chi connectivity index (χ3n) is 7.25. The van der Waals surface area contributed by atoms with Gasteiger partial charge in [-0.25, -0.2) is 9.97 Å². The van der Waals surface area contributed by atoms with Crippen LogP contribution in [0.5, 0.6) is 0 Å². The zero-order valence-electron chi connectivity index (χ0n) is 22.2. The van der Waals surface area contributed by atoms with Crippen molar-refractivity contribution in [1.82, 2.24) is 24.8 Å². The molecule has 1 saturated heterocycles. The predicted molar refractivity (Wildman–Crippen MR) is 162 cm³/mol. The van der Waals surface area contributed by atoms with Crippen LogP contribution in [-0.4, -0.2) is 43.8 Å². The number of likely N-dealkylation sites (tertiary alicyclic amines) is 1. The molecule has 40 heavy (non-hydrogen) atoms. The van der Waals surface area contributed by atoms with Gasteiger partial charge in [-0.3, -0.25) is 14.7 Å². The summed E-state index contributed by atoms with van der Waals surface area (Å²) >= 11 is 3.67. The Morgan fingerprint density at radius 1 is 1.02 bits per heavy atom. The van der Waals surface area contributed by atoms with Crippen LogP contribution in [0.15, 0.2) is 89.9 Å². The molecule has 0 aliphatic carbocycles. The Hall–Kier alpha value is -4.14. The Labute approximate surface area is 241 Å². The molecule has 1 aliphatic heterocycles. The molecule has 200 valence electrons. The van der Waals surface area contributed by atoms with Gasteiger partial charge in [0.25, 0.3) is 5.91 Å². The van der Waals surface area contributed by atoms with Gasteiger partial charge in [0.15, 0.2) is 5.82 Å². The minimum atomic E-state index is -0.141. The molecule has 5 aromatic rings. The minimum Gasteiger partial charge on any atom is -0.360 e. The molecule has 2 N–H and O–H groups in total. The van der Waals surface area contributed by atoms with E-state index in [-0.39, 0.29) is 5.91 Å². The number of halogens is 1. The number of anilines is 1.